The van der Waals surface area contributed by atoms with Gasteiger partial charge in [0.05, 0.1) is 0 Å². The van der Waals surface area contributed by atoms with E-state index in [-0.39, 0.29) is 0 Å². The van der Waals surface area contributed by atoms with Gasteiger partial charge in [-0.15, -0.1) is 0 Å². The van der Waals surface area contributed by atoms with Crippen LogP contribution >= 0.6 is 0 Å². The molecule has 54 valence electrons. The van der Waals surface area contributed by atoms with Crippen LogP contribution in [0.15, 0.2) is 4.09 Å². The maximum atomic E-state index is 10.1. The molecule has 0 aliphatic rings. The Morgan fingerprint density at radius 3 is 1.89 bits per heavy atom. The van der Waals surface area contributed by atoms with Crippen molar-refractivity contribution in [3.05, 3.63) is 4.91 Å². The molecule has 0 aromatic rings. The Bertz CT molecular complexity index is 71.5. The minimum atomic E-state index is -1.20. The number of nitrogens with zero attached hydrogens (tertiary/aromatic N) is 1. The summed E-state index contributed by atoms with van der Waals surface area (Å²) in [5, 5.41) is 2.20. The van der Waals surface area contributed by atoms with Crippen molar-refractivity contribution < 1.29 is 0 Å². The fourth-order valence-electron chi connectivity index (χ4n) is 0.710. The molecule has 0 radical (unpaired) electrons. The molecule has 0 rings (SSSR count). The average molecular weight is 191 g/mol. The van der Waals surface area contributed by atoms with E-state index in [1.165, 1.54) is 0 Å². The van der Waals surface area contributed by atoms with Crippen LogP contribution < -0.4 is 0 Å². The third-order valence-corrected chi connectivity index (χ3v) is 5.61. The molecule has 0 bridgehead atoms. The molecule has 0 atom stereocenters. The van der Waals surface area contributed by atoms with Crippen LogP contribution in [0, 0.1) is 4.91 Å². The van der Waals surface area contributed by atoms with Gasteiger partial charge in [0.2, 0.25) is 0 Å². The van der Waals surface area contributed by atoms with E-state index in [2.05, 4.69) is 17.9 Å². The van der Waals surface area contributed by atoms with Gasteiger partial charge in [-0.1, -0.05) is 0 Å². The first-order valence-electron chi connectivity index (χ1n) is 3.43. The topological polar surface area (TPSA) is 29.4 Å². The molecule has 0 aromatic carbocycles. The molecule has 0 unspecified atom stereocenters. The van der Waals surface area contributed by atoms with Crippen LogP contribution in [0.3, 0.4) is 0 Å². The van der Waals surface area contributed by atoms with Crippen molar-refractivity contribution in [2.75, 3.05) is 0 Å². The Kier molecular flexibility index (Phi) is 6.39. The number of rotatable bonds is 5. The monoisotopic (exact) mass is 191 g/mol. The maximum absolute atomic E-state index is 10.1. The molecule has 0 fully saturated rings. The van der Waals surface area contributed by atoms with Gasteiger partial charge in [-0.25, -0.2) is 0 Å². The molecule has 0 N–H and O–H groups in total. The normalized spacial score (nSPS) is 10.1. The van der Waals surface area contributed by atoms with Crippen LogP contribution in [0.25, 0.3) is 0 Å². The first-order valence-corrected chi connectivity index (χ1v) is 6.92. The van der Waals surface area contributed by atoms with Crippen molar-refractivity contribution in [2.45, 2.75) is 37.1 Å². The molecule has 0 saturated heterocycles. The summed E-state index contributed by atoms with van der Waals surface area (Å²) < 4.78 is 3.16. The molecule has 0 saturated carbocycles. The average Bonchev–Trinajstić information content (AvgIpc) is 1.88. The van der Waals surface area contributed by atoms with Gasteiger partial charge in [0.25, 0.3) is 0 Å². The summed E-state index contributed by atoms with van der Waals surface area (Å²) >= 11 is -1.20. The van der Waals surface area contributed by atoms with Crippen molar-refractivity contribution in [3.63, 3.8) is 0 Å². The van der Waals surface area contributed by atoms with Gasteiger partial charge < -0.3 is 0 Å². The van der Waals surface area contributed by atoms with Crippen LogP contribution in [0.4, 0.5) is 0 Å². The molecule has 0 spiro atoms. The van der Waals surface area contributed by atoms with Gasteiger partial charge in [0.15, 0.2) is 0 Å². The molecular weight excluding hydrogens is 177 g/mol. The molecule has 9 heavy (non-hydrogen) atoms. The van der Waals surface area contributed by atoms with E-state index in [4.69, 9.17) is 0 Å². The van der Waals surface area contributed by atoms with Crippen LogP contribution in [0.1, 0.15) is 26.7 Å². The summed E-state index contributed by atoms with van der Waals surface area (Å²) in [7, 11) is 0. The van der Waals surface area contributed by atoms with E-state index < -0.39 is 14.9 Å². The van der Waals surface area contributed by atoms with E-state index in [9.17, 15) is 4.91 Å². The quantitative estimate of drug-likeness (QED) is 0.485. The second kappa shape index (κ2) is 6.28. The van der Waals surface area contributed by atoms with E-state index in [0.29, 0.717) is 0 Å². The Morgan fingerprint density at radius 1 is 1.22 bits per heavy atom. The molecule has 0 aliphatic heterocycles. The molecule has 2 nitrogen and oxygen atoms in total. The summed E-state index contributed by atoms with van der Waals surface area (Å²) in [5.41, 5.74) is 0. The molecule has 0 aliphatic carbocycles. The van der Waals surface area contributed by atoms with E-state index in [1.807, 2.05) is 0 Å². The van der Waals surface area contributed by atoms with Crippen molar-refractivity contribution >= 4 is 14.9 Å². The van der Waals surface area contributed by atoms with Crippen LogP contribution in [0.5, 0.6) is 0 Å². The number of hydrogen-bond donors (Lipinski definition) is 0. The van der Waals surface area contributed by atoms with Gasteiger partial charge in [-0.05, 0) is 0 Å². The Labute approximate surface area is 61.5 Å². The Balaban J connectivity index is 3.29. The Hall–Kier alpha value is 0.158. The second-order valence-corrected chi connectivity index (χ2v) is 6.38. The predicted octanol–water partition coefficient (Wildman–Crippen LogP) is 2.56. The molecule has 3 heteroatoms. The van der Waals surface area contributed by atoms with Gasteiger partial charge >= 0.3 is 61.0 Å². The minimum absolute atomic E-state index is 1.10. The standard InChI is InChI=1S/C6H14AsNO/c1-3-5-7(8-9)6-4-2/h3-6H2,1-2H3. The van der Waals surface area contributed by atoms with Crippen molar-refractivity contribution in [1.29, 1.82) is 0 Å². The van der Waals surface area contributed by atoms with Crippen molar-refractivity contribution in [1.82, 2.24) is 0 Å². The third kappa shape index (κ3) is 4.65. The van der Waals surface area contributed by atoms with Crippen molar-refractivity contribution in [2.24, 2.45) is 4.09 Å². The zero-order valence-corrected chi connectivity index (χ0v) is 8.01. The first kappa shape index (κ1) is 9.16. The summed E-state index contributed by atoms with van der Waals surface area (Å²) in [6, 6.07) is 0. The van der Waals surface area contributed by atoms with E-state index in [0.717, 1.165) is 23.3 Å². The van der Waals surface area contributed by atoms with Crippen LogP contribution in [-0.4, -0.2) is 14.9 Å². The molecule has 0 aromatic heterocycles. The SMILES string of the molecule is CCC[As](CCC)N=O. The summed E-state index contributed by atoms with van der Waals surface area (Å²) in [4.78, 5) is 10.1. The first-order chi connectivity index (χ1) is 4.35. The second-order valence-electron chi connectivity index (χ2n) is 2.04. The Morgan fingerprint density at radius 2 is 1.67 bits per heavy atom. The predicted molar refractivity (Wildman–Crippen MR) is 41.7 cm³/mol. The van der Waals surface area contributed by atoms with Gasteiger partial charge in [0, 0.05) is 0 Å². The molecule has 0 amide bonds. The van der Waals surface area contributed by atoms with E-state index in [1.54, 1.807) is 0 Å². The third-order valence-electron chi connectivity index (χ3n) is 1.08. The number of hydrogen-bond acceptors (Lipinski definition) is 2. The van der Waals surface area contributed by atoms with Gasteiger partial charge in [0.1, 0.15) is 0 Å². The van der Waals surface area contributed by atoms with Crippen LogP contribution in [0.2, 0.25) is 10.4 Å². The van der Waals surface area contributed by atoms with Gasteiger partial charge in [-0.3, -0.25) is 0 Å². The van der Waals surface area contributed by atoms with Crippen LogP contribution in [-0.2, 0) is 0 Å². The number of nitroso groups, excluding NO2 is 1. The summed E-state index contributed by atoms with van der Waals surface area (Å²) in [5.74, 6) is 0. The molecule has 0 heterocycles. The summed E-state index contributed by atoms with van der Waals surface area (Å²) in [6.45, 7) is 4.23. The molecular formula is C6H14AsNO. The fraction of sp³-hybridized carbons (Fsp3) is 1.00. The van der Waals surface area contributed by atoms with Crippen molar-refractivity contribution in [3.8, 4) is 0 Å². The summed E-state index contributed by atoms with van der Waals surface area (Å²) in [6.07, 6.45) is 2.26. The van der Waals surface area contributed by atoms with E-state index >= 15 is 0 Å². The van der Waals surface area contributed by atoms with Gasteiger partial charge in [-0.2, -0.15) is 0 Å². The zero-order chi connectivity index (χ0) is 7.11. The zero-order valence-electron chi connectivity index (χ0n) is 6.13. The fourth-order valence-corrected chi connectivity index (χ4v) is 3.69.